The van der Waals surface area contributed by atoms with Crippen molar-refractivity contribution in [1.29, 1.82) is 0 Å². The van der Waals surface area contributed by atoms with Gasteiger partial charge in [0.25, 0.3) is 5.91 Å². The van der Waals surface area contributed by atoms with Gasteiger partial charge in [0.05, 0.1) is 17.8 Å². The lowest BCUT2D eigenvalue weighted by molar-refractivity contribution is -0.385. The van der Waals surface area contributed by atoms with Gasteiger partial charge < -0.3 is 14.8 Å². The van der Waals surface area contributed by atoms with E-state index in [4.69, 9.17) is 9.47 Å². The predicted molar refractivity (Wildman–Crippen MR) is 101 cm³/mol. The third-order valence-electron chi connectivity index (χ3n) is 3.46. The molecule has 0 saturated heterocycles. The number of thioether (sulfide) groups is 1. The van der Waals surface area contributed by atoms with E-state index in [1.807, 2.05) is 30.3 Å². The van der Waals surface area contributed by atoms with Crippen LogP contribution in [0.3, 0.4) is 0 Å². The quantitative estimate of drug-likeness (QED) is 0.319. The highest BCUT2D eigenvalue weighted by molar-refractivity contribution is 8.00. The number of hydrogen-bond donors (Lipinski definition) is 1. The van der Waals surface area contributed by atoms with Crippen molar-refractivity contribution in [2.24, 2.45) is 0 Å². The first-order valence-corrected chi connectivity index (χ1v) is 8.85. The molecule has 27 heavy (non-hydrogen) atoms. The van der Waals surface area contributed by atoms with Crippen molar-refractivity contribution in [1.82, 2.24) is 0 Å². The number of nitro groups is 1. The average molecular weight is 390 g/mol. The van der Waals surface area contributed by atoms with Crippen LogP contribution in [0, 0.1) is 17.0 Å². The number of carbonyl (C=O) groups is 2. The van der Waals surface area contributed by atoms with Crippen molar-refractivity contribution < 1.29 is 24.0 Å². The maximum absolute atomic E-state index is 12.0. The number of benzene rings is 2. The van der Waals surface area contributed by atoms with Gasteiger partial charge in [0.15, 0.2) is 12.4 Å². The molecule has 0 fully saturated rings. The number of nitro benzene ring substituents is 1. The minimum atomic E-state index is -0.566. The number of carbonyl (C=O) groups excluding carboxylic acids is 2. The lowest BCUT2D eigenvalue weighted by atomic mass is 10.1. The zero-order valence-corrected chi connectivity index (χ0v) is 15.6. The summed E-state index contributed by atoms with van der Waals surface area (Å²) in [6.07, 6.45) is 0. The maximum Gasteiger partial charge on any atom is 0.316 e. The summed E-state index contributed by atoms with van der Waals surface area (Å²) in [5.41, 5.74) is 0.635. The number of amides is 1. The van der Waals surface area contributed by atoms with E-state index in [9.17, 15) is 19.7 Å². The molecule has 0 heterocycles. The molecule has 0 atom stereocenters. The highest BCUT2D eigenvalue weighted by Gasteiger charge is 2.18. The Balaban J connectivity index is 1.88. The maximum atomic E-state index is 12.0. The van der Waals surface area contributed by atoms with Crippen molar-refractivity contribution in [3.8, 4) is 5.75 Å². The van der Waals surface area contributed by atoms with E-state index in [2.05, 4.69) is 5.32 Å². The molecule has 0 aliphatic heterocycles. The Bertz CT molecular complexity index is 841. The molecule has 9 heteroatoms. The van der Waals surface area contributed by atoms with Crippen LogP contribution in [-0.4, -0.2) is 36.3 Å². The summed E-state index contributed by atoms with van der Waals surface area (Å²) in [5, 5.41) is 13.5. The molecule has 0 aliphatic carbocycles. The summed E-state index contributed by atoms with van der Waals surface area (Å²) >= 11 is 1.31. The second kappa shape index (κ2) is 9.58. The van der Waals surface area contributed by atoms with Gasteiger partial charge in [-0.05, 0) is 24.6 Å². The molecule has 1 amide bonds. The van der Waals surface area contributed by atoms with Crippen LogP contribution in [-0.2, 0) is 14.3 Å². The van der Waals surface area contributed by atoms with Gasteiger partial charge in [-0.3, -0.25) is 19.7 Å². The van der Waals surface area contributed by atoms with E-state index in [1.54, 1.807) is 6.92 Å². The van der Waals surface area contributed by atoms with Gasteiger partial charge in [-0.2, -0.15) is 0 Å². The predicted octanol–water partition coefficient (Wildman–Crippen LogP) is 3.19. The number of hydrogen-bond acceptors (Lipinski definition) is 7. The van der Waals surface area contributed by atoms with Crippen LogP contribution in [0.25, 0.3) is 0 Å². The van der Waals surface area contributed by atoms with Crippen molar-refractivity contribution >= 4 is 35.0 Å². The summed E-state index contributed by atoms with van der Waals surface area (Å²) in [6.45, 7) is 1.16. The fourth-order valence-electron chi connectivity index (χ4n) is 2.15. The zero-order chi connectivity index (χ0) is 19.8. The third kappa shape index (κ3) is 6.00. The molecule has 0 aliphatic rings. The standard InChI is InChI=1S/C18H18N2O6S/c1-12-8-15(20(23)24)16(25-2)9-14(12)19-17(21)10-26-18(22)11-27-13-6-4-3-5-7-13/h3-9H,10-11H2,1-2H3,(H,19,21). The Morgan fingerprint density at radius 3 is 2.56 bits per heavy atom. The molecule has 2 aromatic rings. The normalized spacial score (nSPS) is 10.1. The van der Waals surface area contributed by atoms with Crippen LogP contribution in [0.4, 0.5) is 11.4 Å². The molecule has 2 rings (SSSR count). The highest BCUT2D eigenvalue weighted by atomic mass is 32.2. The molecule has 0 saturated carbocycles. The fraction of sp³-hybridized carbons (Fsp3) is 0.222. The Labute approximate surface area is 160 Å². The first-order valence-electron chi connectivity index (χ1n) is 7.87. The largest absolute Gasteiger partial charge is 0.490 e. The van der Waals surface area contributed by atoms with E-state index in [-0.39, 0.29) is 17.2 Å². The molecule has 1 N–H and O–H groups in total. The average Bonchev–Trinajstić information content (AvgIpc) is 2.66. The van der Waals surface area contributed by atoms with E-state index >= 15 is 0 Å². The smallest absolute Gasteiger partial charge is 0.316 e. The molecule has 0 spiro atoms. The first-order chi connectivity index (χ1) is 12.9. The third-order valence-corrected chi connectivity index (χ3v) is 4.45. The lowest BCUT2D eigenvalue weighted by Crippen LogP contribution is -2.22. The van der Waals surface area contributed by atoms with Crippen LogP contribution >= 0.6 is 11.8 Å². The Morgan fingerprint density at radius 2 is 1.93 bits per heavy atom. The van der Waals surface area contributed by atoms with E-state index < -0.39 is 23.4 Å². The van der Waals surface area contributed by atoms with E-state index in [1.165, 1.54) is 31.0 Å². The molecule has 0 unspecified atom stereocenters. The van der Waals surface area contributed by atoms with E-state index in [0.717, 1.165) is 4.90 Å². The number of methoxy groups -OCH3 is 1. The van der Waals surface area contributed by atoms with Crippen LogP contribution < -0.4 is 10.1 Å². The molecule has 0 aromatic heterocycles. The van der Waals surface area contributed by atoms with Crippen LogP contribution in [0.15, 0.2) is 47.4 Å². The van der Waals surface area contributed by atoms with Gasteiger partial charge in [-0.1, -0.05) is 18.2 Å². The van der Waals surface area contributed by atoms with Crippen LogP contribution in [0.2, 0.25) is 0 Å². The molecule has 2 aromatic carbocycles. The number of nitrogens with zero attached hydrogens (tertiary/aromatic N) is 1. The summed E-state index contributed by atoms with van der Waals surface area (Å²) in [6, 6.07) is 12.0. The highest BCUT2D eigenvalue weighted by Crippen LogP contribution is 2.32. The van der Waals surface area contributed by atoms with Gasteiger partial charge in [0, 0.05) is 22.7 Å². The van der Waals surface area contributed by atoms with Gasteiger partial charge >= 0.3 is 11.7 Å². The summed E-state index contributed by atoms with van der Waals surface area (Å²) in [5.74, 6) is -0.956. The minimum absolute atomic E-state index is 0.0251. The monoisotopic (exact) mass is 390 g/mol. The second-order valence-corrected chi connectivity index (χ2v) is 6.46. The van der Waals surface area contributed by atoms with Crippen molar-refractivity contribution in [3.63, 3.8) is 0 Å². The van der Waals surface area contributed by atoms with Gasteiger partial charge in [0.2, 0.25) is 0 Å². The number of nitrogens with one attached hydrogen (secondary N) is 1. The summed E-state index contributed by atoms with van der Waals surface area (Å²) in [7, 11) is 1.30. The Hall–Kier alpha value is -3.07. The van der Waals surface area contributed by atoms with Crippen LogP contribution in [0.1, 0.15) is 5.56 Å². The summed E-state index contributed by atoms with van der Waals surface area (Å²) in [4.78, 5) is 35.1. The number of ether oxygens (including phenoxy) is 2. The van der Waals surface area contributed by atoms with Crippen molar-refractivity contribution in [2.45, 2.75) is 11.8 Å². The fourth-order valence-corrected chi connectivity index (χ4v) is 2.86. The number of esters is 1. The molecular weight excluding hydrogens is 372 g/mol. The zero-order valence-electron chi connectivity index (χ0n) is 14.8. The Morgan fingerprint density at radius 1 is 1.22 bits per heavy atom. The molecule has 0 radical (unpaired) electrons. The number of aryl methyl sites for hydroxylation is 1. The molecule has 0 bridgehead atoms. The van der Waals surface area contributed by atoms with Crippen LogP contribution in [0.5, 0.6) is 5.75 Å². The molecular formula is C18H18N2O6S. The van der Waals surface area contributed by atoms with E-state index in [0.29, 0.717) is 11.3 Å². The molecule has 8 nitrogen and oxygen atoms in total. The second-order valence-electron chi connectivity index (χ2n) is 5.41. The van der Waals surface area contributed by atoms with Gasteiger partial charge in [-0.25, -0.2) is 0 Å². The number of anilines is 1. The lowest BCUT2D eigenvalue weighted by Gasteiger charge is -2.11. The molecule has 142 valence electrons. The Kier molecular flexibility index (Phi) is 7.18. The summed E-state index contributed by atoms with van der Waals surface area (Å²) < 4.78 is 9.92. The SMILES string of the molecule is COc1cc(NC(=O)COC(=O)CSc2ccccc2)c(C)cc1[N+](=O)[O-]. The van der Waals surface area contributed by atoms with Crippen molar-refractivity contribution in [3.05, 3.63) is 58.1 Å². The van der Waals surface area contributed by atoms with Gasteiger partial charge in [-0.15, -0.1) is 11.8 Å². The van der Waals surface area contributed by atoms with Gasteiger partial charge in [0.1, 0.15) is 0 Å². The minimum Gasteiger partial charge on any atom is -0.490 e. The number of rotatable bonds is 8. The topological polar surface area (TPSA) is 108 Å². The first kappa shape index (κ1) is 20.2. The van der Waals surface area contributed by atoms with Crippen molar-refractivity contribution in [2.75, 3.05) is 24.8 Å².